The molecule has 2 rings (SSSR count). The summed E-state index contributed by atoms with van der Waals surface area (Å²) in [6, 6.07) is 0. The molecule has 0 bridgehead atoms. The van der Waals surface area contributed by atoms with Crippen LogP contribution in [0.1, 0.15) is 39.5 Å². The van der Waals surface area contributed by atoms with Crippen molar-refractivity contribution in [3.05, 3.63) is 11.3 Å². The topological polar surface area (TPSA) is 101 Å². The summed E-state index contributed by atoms with van der Waals surface area (Å²) in [7, 11) is 0. The quantitative estimate of drug-likeness (QED) is 0.598. The van der Waals surface area contributed by atoms with Gasteiger partial charge < -0.3 is 5.11 Å². The molecule has 6 heteroatoms. The Morgan fingerprint density at radius 1 is 1.14 bits per heavy atom. The molecule has 0 aromatic rings. The van der Waals surface area contributed by atoms with Crippen LogP contribution in [0.2, 0.25) is 0 Å². The highest BCUT2D eigenvalue weighted by Crippen LogP contribution is 2.32. The van der Waals surface area contributed by atoms with E-state index in [0.29, 0.717) is 6.42 Å². The van der Waals surface area contributed by atoms with Gasteiger partial charge in [-0.1, -0.05) is 13.8 Å². The van der Waals surface area contributed by atoms with Crippen molar-refractivity contribution < 1.29 is 24.3 Å². The van der Waals surface area contributed by atoms with Gasteiger partial charge in [0.15, 0.2) is 11.6 Å². The van der Waals surface area contributed by atoms with Crippen LogP contribution in [-0.2, 0) is 19.2 Å². The SMILES string of the molecule is C[C@H]1C[C@H](C)C(O)=C(C(=O)CC2CC(=O)NC(=O)C2)C1=O. The second-order valence-corrected chi connectivity index (χ2v) is 6.04. The van der Waals surface area contributed by atoms with Gasteiger partial charge in [-0.3, -0.25) is 24.5 Å². The molecule has 114 valence electrons. The number of carbonyl (C=O) groups is 4. The number of ketones is 2. The molecule has 0 radical (unpaired) electrons. The minimum atomic E-state index is -0.469. The van der Waals surface area contributed by atoms with Crippen molar-refractivity contribution in [2.75, 3.05) is 0 Å². The molecule has 2 aliphatic rings. The van der Waals surface area contributed by atoms with E-state index in [1.807, 2.05) is 0 Å². The summed E-state index contributed by atoms with van der Waals surface area (Å²) in [6.45, 7) is 3.50. The second-order valence-electron chi connectivity index (χ2n) is 6.04. The standard InChI is InChI=1S/C15H19NO5/c1-7-3-8(2)15(21)13(14(7)20)10(17)4-9-5-11(18)16-12(19)6-9/h7-9,20H,3-6H2,1-2H3,(H,16,18,19)/t7-,8-/m0/s1. The number of hydrogen-bond acceptors (Lipinski definition) is 5. The maximum Gasteiger partial charge on any atom is 0.226 e. The Morgan fingerprint density at radius 3 is 2.29 bits per heavy atom. The van der Waals surface area contributed by atoms with E-state index in [1.54, 1.807) is 13.8 Å². The number of allylic oxidation sites excluding steroid dienone is 2. The van der Waals surface area contributed by atoms with Gasteiger partial charge in [0.25, 0.3) is 0 Å². The molecular weight excluding hydrogens is 274 g/mol. The summed E-state index contributed by atoms with van der Waals surface area (Å²) in [5.74, 6) is -2.71. The number of nitrogens with one attached hydrogen (secondary N) is 1. The molecule has 21 heavy (non-hydrogen) atoms. The van der Waals surface area contributed by atoms with Crippen LogP contribution in [0.15, 0.2) is 11.3 Å². The lowest BCUT2D eigenvalue weighted by Crippen LogP contribution is -2.39. The molecule has 2 N–H and O–H groups in total. The van der Waals surface area contributed by atoms with Crippen LogP contribution >= 0.6 is 0 Å². The van der Waals surface area contributed by atoms with Crippen LogP contribution in [0.25, 0.3) is 0 Å². The molecule has 0 spiro atoms. The summed E-state index contributed by atoms with van der Waals surface area (Å²) in [4.78, 5) is 47.0. The maximum atomic E-state index is 12.3. The number of imide groups is 1. The number of aliphatic hydroxyl groups is 1. The van der Waals surface area contributed by atoms with Crippen molar-refractivity contribution in [1.82, 2.24) is 5.32 Å². The number of hydrogen-bond donors (Lipinski definition) is 2. The lowest BCUT2D eigenvalue weighted by Gasteiger charge is -2.26. The molecule has 1 aliphatic heterocycles. The summed E-state index contributed by atoms with van der Waals surface area (Å²) in [5.41, 5.74) is -0.139. The lowest BCUT2D eigenvalue weighted by molar-refractivity contribution is -0.135. The average Bonchev–Trinajstić information content (AvgIpc) is 2.35. The van der Waals surface area contributed by atoms with Crippen LogP contribution in [-0.4, -0.2) is 28.5 Å². The maximum absolute atomic E-state index is 12.3. The van der Waals surface area contributed by atoms with E-state index in [1.165, 1.54) is 0 Å². The summed E-state index contributed by atoms with van der Waals surface area (Å²) in [6.07, 6.45) is 0.630. The highest BCUT2D eigenvalue weighted by molar-refractivity contribution is 6.21. The van der Waals surface area contributed by atoms with E-state index in [0.717, 1.165) is 0 Å². The van der Waals surface area contributed by atoms with Crippen LogP contribution in [0, 0.1) is 17.8 Å². The Balaban J connectivity index is 2.15. The van der Waals surface area contributed by atoms with Crippen LogP contribution < -0.4 is 5.32 Å². The van der Waals surface area contributed by atoms with Gasteiger partial charge in [-0.25, -0.2) is 0 Å². The number of carbonyl (C=O) groups excluding carboxylic acids is 4. The molecular formula is C15H19NO5. The smallest absolute Gasteiger partial charge is 0.226 e. The molecule has 0 saturated carbocycles. The largest absolute Gasteiger partial charge is 0.511 e. The Morgan fingerprint density at radius 2 is 1.71 bits per heavy atom. The molecule has 2 amide bonds. The van der Waals surface area contributed by atoms with Gasteiger partial charge in [-0.05, 0) is 12.3 Å². The first-order valence-corrected chi connectivity index (χ1v) is 7.12. The molecule has 1 aliphatic carbocycles. The molecule has 1 fully saturated rings. The fourth-order valence-corrected chi connectivity index (χ4v) is 3.01. The molecule has 6 nitrogen and oxygen atoms in total. The fraction of sp³-hybridized carbons (Fsp3) is 0.600. The van der Waals surface area contributed by atoms with E-state index in [2.05, 4.69) is 5.32 Å². The van der Waals surface area contributed by atoms with Crippen LogP contribution in [0.5, 0.6) is 0 Å². The van der Waals surface area contributed by atoms with Gasteiger partial charge in [0.2, 0.25) is 11.8 Å². The first-order valence-electron chi connectivity index (χ1n) is 7.12. The Labute approximate surface area is 122 Å². The zero-order chi connectivity index (χ0) is 15.7. The van der Waals surface area contributed by atoms with Gasteiger partial charge in [0.05, 0.1) is 5.57 Å². The molecule has 1 heterocycles. The molecule has 0 aromatic heterocycles. The summed E-state index contributed by atoms with van der Waals surface area (Å²) < 4.78 is 0. The molecule has 0 unspecified atom stereocenters. The third-order valence-electron chi connectivity index (χ3n) is 4.10. The minimum absolute atomic E-state index is 0.0657. The Bertz CT molecular complexity index is 532. The van der Waals surface area contributed by atoms with Gasteiger partial charge >= 0.3 is 0 Å². The summed E-state index contributed by atoms with van der Waals surface area (Å²) >= 11 is 0. The third kappa shape index (κ3) is 3.20. The van der Waals surface area contributed by atoms with Gasteiger partial charge in [0.1, 0.15) is 5.76 Å². The van der Waals surface area contributed by atoms with E-state index in [9.17, 15) is 24.3 Å². The van der Waals surface area contributed by atoms with E-state index in [-0.39, 0.29) is 48.2 Å². The van der Waals surface area contributed by atoms with Crippen molar-refractivity contribution in [1.29, 1.82) is 0 Å². The Hall–Kier alpha value is -1.98. The number of amides is 2. The molecule has 0 aromatic carbocycles. The number of piperidine rings is 1. The Kier molecular flexibility index (Phi) is 4.25. The van der Waals surface area contributed by atoms with Gasteiger partial charge in [-0.2, -0.15) is 0 Å². The molecule has 1 saturated heterocycles. The van der Waals surface area contributed by atoms with Crippen molar-refractivity contribution in [3.63, 3.8) is 0 Å². The fourth-order valence-electron chi connectivity index (χ4n) is 3.01. The van der Waals surface area contributed by atoms with E-state index in [4.69, 9.17) is 0 Å². The first-order chi connectivity index (χ1) is 9.79. The predicted molar refractivity (Wildman–Crippen MR) is 73.1 cm³/mol. The number of Topliss-reactive ketones (excluding diaryl/α,β-unsaturated/α-hetero) is 2. The monoisotopic (exact) mass is 293 g/mol. The van der Waals surface area contributed by atoms with Crippen molar-refractivity contribution >= 4 is 23.4 Å². The first kappa shape index (κ1) is 15.4. The molecule has 2 atom stereocenters. The normalized spacial score (nSPS) is 27.8. The number of rotatable bonds is 3. The lowest BCUT2D eigenvalue weighted by atomic mass is 9.78. The van der Waals surface area contributed by atoms with Gasteiger partial charge in [-0.15, -0.1) is 0 Å². The zero-order valence-electron chi connectivity index (χ0n) is 12.1. The van der Waals surface area contributed by atoms with Crippen LogP contribution in [0.3, 0.4) is 0 Å². The minimum Gasteiger partial charge on any atom is -0.511 e. The predicted octanol–water partition coefficient (Wildman–Crippen LogP) is 1.06. The van der Waals surface area contributed by atoms with E-state index < -0.39 is 23.5 Å². The van der Waals surface area contributed by atoms with Gasteiger partial charge in [0, 0.05) is 31.1 Å². The van der Waals surface area contributed by atoms with Crippen molar-refractivity contribution in [2.24, 2.45) is 17.8 Å². The van der Waals surface area contributed by atoms with E-state index >= 15 is 0 Å². The third-order valence-corrected chi connectivity index (χ3v) is 4.10. The summed E-state index contributed by atoms with van der Waals surface area (Å²) in [5, 5.41) is 12.2. The average molecular weight is 293 g/mol. The van der Waals surface area contributed by atoms with Crippen LogP contribution in [0.4, 0.5) is 0 Å². The highest BCUT2D eigenvalue weighted by Gasteiger charge is 2.36. The second kappa shape index (κ2) is 5.79. The van der Waals surface area contributed by atoms with Crippen molar-refractivity contribution in [2.45, 2.75) is 39.5 Å². The number of aliphatic hydroxyl groups excluding tert-OH is 1. The zero-order valence-corrected chi connectivity index (χ0v) is 12.1. The van der Waals surface area contributed by atoms with Crippen molar-refractivity contribution in [3.8, 4) is 0 Å². The highest BCUT2D eigenvalue weighted by atomic mass is 16.3.